The number of hydrogen-bond acceptors (Lipinski definition) is 3. The molecule has 1 aliphatic heterocycles. The quantitative estimate of drug-likeness (QED) is 0.594. The monoisotopic (exact) mass is 433 g/mol. The van der Waals surface area contributed by atoms with Crippen LogP contribution in [0.2, 0.25) is 5.02 Å². The van der Waals surface area contributed by atoms with E-state index in [1.165, 1.54) is 43.5 Å². The van der Waals surface area contributed by atoms with Crippen molar-refractivity contribution >= 4 is 28.4 Å². The summed E-state index contributed by atoms with van der Waals surface area (Å²) in [4.78, 5) is 20.1. The first-order valence-corrected chi connectivity index (χ1v) is 11.7. The highest BCUT2D eigenvalue weighted by atomic mass is 35.5. The van der Waals surface area contributed by atoms with E-state index in [9.17, 15) is 4.79 Å². The van der Waals surface area contributed by atoms with Crippen LogP contribution in [0.4, 0.5) is 0 Å². The molecule has 5 rings (SSSR count). The minimum absolute atomic E-state index is 0.0810. The van der Waals surface area contributed by atoms with E-state index in [-0.39, 0.29) is 5.91 Å². The molecule has 1 aliphatic carbocycles. The number of amides is 1. The lowest BCUT2D eigenvalue weighted by Gasteiger charge is -2.18. The van der Waals surface area contributed by atoms with Gasteiger partial charge in [-0.15, -0.1) is 0 Å². The molecule has 0 radical (unpaired) electrons. The second-order valence-electron chi connectivity index (χ2n) is 8.78. The fraction of sp³-hybridized carbons (Fsp3) is 0.385. The summed E-state index contributed by atoms with van der Waals surface area (Å²) in [5.41, 5.74) is 6.15. The molecule has 5 heteroatoms. The van der Waals surface area contributed by atoms with Crippen LogP contribution in [0.3, 0.4) is 0 Å². The normalized spacial score (nSPS) is 16.4. The van der Waals surface area contributed by atoms with Crippen molar-refractivity contribution < 1.29 is 4.79 Å². The standard InChI is InChI=1S/C26H28ClN3O/c27-25-21-8-1-2-9-23(21)29-24-15-20(10-11-22(24)25)26(31)28-16-18-6-5-7-19(14-18)17-30-12-3-4-13-30/h5-7,10-11,14-15H,1-4,8-9,12-13,16-17H2,(H,28,31). The number of aryl methyl sites for hydroxylation is 1. The van der Waals surface area contributed by atoms with E-state index in [1.807, 2.05) is 18.2 Å². The van der Waals surface area contributed by atoms with Crippen LogP contribution >= 0.6 is 11.6 Å². The number of carbonyl (C=O) groups excluding carboxylic acids is 1. The average Bonchev–Trinajstić information content (AvgIpc) is 3.30. The Labute approximate surface area is 188 Å². The summed E-state index contributed by atoms with van der Waals surface area (Å²) in [5.74, 6) is -0.0810. The molecule has 1 aromatic heterocycles. The molecule has 1 saturated heterocycles. The minimum Gasteiger partial charge on any atom is -0.348 e. The molecule has 4 nitrogen and oxygen atoms in total. The van der Waals surface area contributed by atoms with Gasteiger partial charge in [-0.2, -0.15) is 0 Å². The number of rotatable bonds is 5. The van der Waals surface area contributed by atoms with Crippen LogP contribution in [0.25, 0.3) is 10.9 Å². The van der Waals surface area contributed by atoms with Crippen molar-refractivity contribution in [2.24, 2.45) is 0 Å². The molecule has 2 aromatic carbocycles. The molecular formula is C26H28ClN3O. The van der Waals surface area contributed by atoms with Gasteiger partial charge in [0.15, 0.2) is 0 Å². The molecule has 1 fully saturated rings. The largest absolute Gasteiger partial charge is 0.348 e. The highest BCUT2D eigenvalue weighted by molar-refractivity contribution is 6.36. The van der Waals surface area contributed by atoms with Gasteiger partial charge in [0.05, 0.1) is 10.5 Å². The number of halogens is 1. The maximum Gasteiger partial charge on any atom is 0.251 e. The zero-order valence-electron chi connectivity index (χ0n) is 17.8. The predicted octanol–water partition coefficient (Wildman–Crippen LogP) is 5.29. The first-order chi connectivity index (χ1) is 15.2. The van der Waals surface area contributed by atoms with E-state index in [1.54, 1.807) is 0 Å². The third-order valence-corrected chi connectivity index (χ3v) is 6.94. The lowest BCUT2D eigenvalue weighted by molar-refractivity contribution is 0.0951. The number of carbonyl (C=O) groups is 1. The zero-order valence-corrected chi connectivity index (χ0v) is 18.5. The van der Waals surface area contributed by atoms with Crippen molar-refractivity contribution in [1.29, 1.82) is 0 Å². The molecule has 160 valence electrons. The van der Waals surface area contributed by atoms with Crippen LogP contribution in [0.1, 0.15) is 58.4 Å². The molecule has 3 aromatic rings. The van der Waals surface area contributed by atoms with Gasteiger partial charge in [0.25, 0.3) is 5.91 Å². The molecule has 2 heterocycles. The second-order valence-corrected chi connectivity index (χ2v) is 9.15. The van der Waals surface area contributed by atoms with Gasteiger partial charge in [-0.3, -0.25) is 14.7 Å². The third-order valence-electron chi connectivity index (χ3n) is 6.50. The van der Waals surface area contributed by atoms with Gasteiger partial charge in [0.2, 0.25) is 0 Å². The number of benzene rings is 2. The summed E-state index contributed by atoms with van der Waals surface area (Å²) in [6.45, 7) is 3.88. The average molecular weight is 434 g/mol. The lowest BCUT2D eigenvalue weighted by atomic mass is 9.94. The summed E-state index contributed by atoms with van der Waals surface area (Å²) < 4.78 is 0. The number of nitrogens with one attached hydrogen (secondary N) is 1. The Balaban J connectivity index is 1.29. The Kier molecular flexibility index (Phi) is 5.93. The topological polar surface area (TPSA) is 45.2 Å². The van der Waals surface area contributed by atoms with E-state index >= 15 is 0 Å². The Morgan fingerprint density at radius 2 is 1.81 bits per heavy atom. The van der Waals surface area contributed by atoms with E-state index in [4.69, 9.17) is 16.6 Å². The number of fused-ring (bicyclic) bond motifs is 2. The third kappa shape index (κ3) is 4.46. The number of likely N-dealkylation sites (tertiary alicyclic amines) is 1. The van der Waals surface area contributed by atoms with Crippen molar-refractivity contribution in [2.45, 2.75) is 51.6 Å². The number of pyridine rings is 1. The number of aromatic nitrogens is 1. The molecule has 0 bridgehead atoms. The molecule has 31 heavy (non-hydrogen) atoms. The summed E-state index contributed by atoms with van der Waals surface area (Å²) in [7, 11) is 0. The molecule has 1 N–H and O–H groups in total. The van der Waals surface area contributed by atoms with Crippen LogP contribution in [-0.4, -0.2) is 28.9 Å². The van der Waals surface area contributed by atoms with Crippen molar-refractivity contribution in [1.82, 2.24) is 15.2 Å². The van der Waals surface area contributed by atoms with Crippen LogP contribution < -0.4 is 5.32 Å². The summed E-state index contributed by atoms with van der Waals surface area (Å²) in [6, 6.07) is 14.2. The van der Waals surface area contributed by atoms with E-state index in [2.05, 4.69) is 34.5 Å². The zero-order chi connectivity index (χ0) is 21.2. The molecule has 0 atom stereocenters. The number of hydrogen-bond donors (Lipinski definition) is 1. The summed E-state index contributed by atoms with van der Waals surface area (Å²) in [6.07, 6.45) is 6.87. The van der Waals surface area contributed by atoms with Crippen molar-refractivity contribution in [3.63, 3.8) is 0 Å². The van der Waals surface area contributed by atoms with Crippen LogP contribution in [0, 0.1) is 0 Å². The highest BCUT2D eigenvalue weighted by Gasteiger charge is 2.18. The molecule has 2 aliphatic rings. The van der Waals surface area contributed by atoms with E-state index in [0.29, 0.717) is 12.1 Å². The van der Waals surface area contributed by atoms with Gasteiger partial charge >= 0.3 is 0 Å². The Hall–Kier alpha value is -2.43. The Bertz CT molecular complexity index is 1120. The first kappa shape index (κ1) is 20.5. The van der Waals surface area contributed by atoms with Gasteiger partial charge in [0.1, 0.15) is 0 Å². The lowest BCUT2D eigenvalue weighted by Crippen LogP contribution is -2.23. The van der Waals surface area contributed by atoms with Crippen LogP contribution in [-0.2, 0) is 25.9 Å². The maximum atomic E-state index is 12.8. The van der Waals surface area contributed by atoms with Crippen LogP contribution in [0.5, 0.6) is 0 Å². The summed E-state index contributed by atoms with van der Waals surface area (Å²) in [5, 5.41) is 4.81. The minimum atomic E-state index is -0.0810. The fourth-order valence-electron chi connectivity index (χ4n) is 4.83. The van der Waals surface area contributed by atoms with Gasteiger partial charge in [-0.1, -0.05) is 41.9 Å². The van der Waals surface area contributed by atoms with Gasteiger partial charge < -0.3 is 5.32 Å². The number of nitrogens with zero attached hydrogens (tertiary/aromatic N) is 2. The van der Waals surface area contributed by atoms with E-state index < -0.39 is 0 Å². The predicted molar refractivity (Wildman–Crippen MR) is 126 cm³/mol. The van der Waals surface area contributed by atoms with Gasteiger partial charge in [-0.25, -0.2) is 0 Å². The SMILES string of the molecule is O=C(NCc1cccc(CN2CCCC2)c1)c1ccc2c(Cl)c3c(nc2c1)CCCC3. The van der Waals surface area contributed by atoms with Gasteiger partial charge in [0, 0.05) is 29.7 Å². The van der Waals surface area contributed by atoms with Crippen LogP contribution in [0.15, 0.2) is 42.5 Å². The molecule has 0 saturated carbocycles. The van der Waals surface area contributed by atoms with Gasteiger partial charge in [-0.05, 0) is 80.4 Å². The second kappa shape index (κ2) is 8.97. The molecule has 0 unspecified atom stereocenters. The van der Waals surface area contributed by atoms with Crippen molar-refractivity contribution in [3.8, 4) is 0 Å². The smallest absolute Gasteiger partial charge is 0.251 e. The highest BCUT2D eigenvalue weighted by Crippen LogP contribution is 2.33. The Morgan fingerprint density at radius 1 is 1.00 bits per heavy atom. The fourth-order valence-corrected chi connectivity index (χ4v) is 5.19. The van der Waals surface area contributed by atoms with Crippen molar-refractivity contribution in [3.05, 3.63) is 75.4 Å². The maximum absolute atomic E-state index is 12.8. The summed E-state index contributed by atoms with van der Waals surface area (Å²) >= 11 is 6.66. The van der Waals surface area contributed by atoms with E-state index in [0.717, 1.165) is 53.0 Å². The molecular weight excluding hydrogens is 406 g/mol. The first-order valence-electron chi connectivity index (χ1n) is 11.4. The molecule has 0 spiro atoms. The molecule has 1 amide bonds. The Morgan fingerprint density at radius 3 is 2.68 bits per heavy atom. The van der Waals surface area contributed by atoms with Crippen molar-refractivity contribution in [2.75, 3.05) is 13.1 Å².